The van der Waals surface area contributed by atoms with Crippen LogP contribution in [-0.2, 0) is 0 Å². The van der Waals surface area contributed by atoms with Gasteiger partial charge in [-0.05, 0) is 19.1 Å². The molecule has 1 atom stereocenters. The van der Waals surface area contributed by atoms with E-state index in [4.69, 9.17) is 12.2 Å². The maximum atomic E-state index is 5.44. The Morgan fingerprint density at radius 1 is 1.38 bits per heavy atom. The normalized spacial score (nSPS) is 22.9. The van der Waals surface area contributed by atoms with Gasteiger partial charge in [-0.15, -0.1) is 0 Å². The minimum Gasteiger partial charge on any atom is -0.394 e. The molecular weight excluding hydrogens is 218 g/mol. The summed E-state index contributed by atoms with van der Waals surface area (Å²) in [7, 11) is 1.88. The highest BCUT2D eigenvalue weighted by atomic mass is 32.1. The molecular formula is C12H15N3S. The number of anilines is 1. The molecule has 0 amide bonds. The fraction of sp³-hybridized carbons (Fsp3) is 0.250. The van der Waals surface area contributed by atoms with Crippen LogP contribution in [-0.4, -0.2) is 18.1 Å². The number of hydrogen-bond donors (Lipinski definition) is 2. The lowest BCUT2D eigenvalue weighted by molar-refractivity contribution is 0.689. The van der Waals surface area contributed by atoms with Crippen molar-refractivity contribution in [1.29, 1.82) is 0 Å². The molecule has 0 spiro atoms. The number of hydrazine groups is 1. The highest BCUT2D eigenvalue weighted by Crippen LogP contribution is 2.22. The molecule has 84 valence electrons. The molecule has 0 aliphatic carbocycles. The van der Waals surface area contributed by atoms with Crippen LogP contribution in [0, 0.1) is 0 Å². The van der Waals surface area contributed by atoms with E-state index in [1.165, 1.54) is 0 Å². The van der Waals surface area contributed by atoms with Crippen LogP contribution in [0.15, 0.2) is 42.1 Å². The predicted octanol–water partition coefficient (Wildman–Crippen LogP) is 1.83. The minimum atomic E-state index is 0.236. The lowest BCUT2D eigenvalue weighted by atomic mass is 10.2. The van der Waals surface area contributed by atoms with Crippen molar-refractivity contribution in [3.63, 3.8) is 0 Å². The summed E-state index contributed by atoms with van der Waals surface area (Å²) in [5, 5.41) is 4.97. The summed E-state index contributed by atoms with van der Waals surface area (Å²) in [6.07, 6.45) is 1.95. The van der Waals surface area contributed by atoms with Gasteiger partial charge in [0.05, 0.1) is 11.7 Å². The molecule has 0 saturated carbocycles. The van der Waals surface area contributed by atoms with Crippen LogP contribution in [0.2, 0.25) is 0 Å². The van der Waals surface area contributed by atoms with Crippen LogP contribution in [0.3, 0.4) is 0 Å². The molecule has 1 aliphatic heterocycles. The molecule has 2 N–H and O–H groups in total. The van der Waals surface area contributed by atoms with Crippen molar-refractivity contribution >= 4 is 22.9 Å². The summed E-state index contributed by atoms with van der Waals surface area (Å²) in [4.78, 5) is 0.827. The van der Waals surface area contributed by atoms with E-state index in [-0.39, 0.29) is 6.04 Å². The average molecular weight is 233 g/mol. The van der Waals surface area contributed by atoms with Gasteiger partial charge in [-0.3, -0.25) is 5.01 Å². The molecule has 0 aromatic heterocycles. The third-order valence-electron chi connectivity index (χ3n) is 2.55. The van der Waals surface area contributed by atoms with Gasteiger partial charge in [-0.2, -0.15) is 0 Å². The van der Waals surface area contributed by atoms with E-state index >= 15 is 0 Å². The summed E-state index contributed by atoms with van der Waals surface area (Å²) < 4.78 is 0. The molecule has 1 fully saturated rings. The summed E-state index contributed by atoms with van der Waals surface area (Å²) >= 11 is 5.44. The van der Waals surface area contributed by atoms with E-state index in [0.29, 0.717) is 0 Å². The topological polar surface area (TPSA) is 27.3 Å². The summed E-state index contributed by atoms with van der Waals surface area (Å²) in [5.41, 5.74) is 5.52. The zero-order chi connectivity index (χ0) is 11.5. The number of benzene rings is 1. The molecule has 1 saturated heterocycles. The lowest BCUT2D eigenvalue weighted by Crippen LogP contribution is -2.35. The van der Waals surface area contributed by atoms with Crippen molar-refractivity contribution in [3.05, 3.63) is 42.1 Å². The molecule has 0 radical (unpaired) electrons. The van der Waals surface area contributed by atoms with E-state index in [0.717, 1.165) is 16.2 Å². The third-order valence-corrected chi connectivity index (χ3v) is 2.97. The minimum absolute atomic E-state index is 0.236. The van der Waals surface area contributed by atoms with Crippen molar-refractivity contribution < 1.29 is 0 Å². The molecule has 16 heavy (non-hydrogen) atoms. The molecule has 1 unspecified atom stereocenters. The smallest absolute Gasteiger partial charge is 0.127 e. The fourth-order valence-electron chi connectivity index (χ4n) is 1.75. The Labute approximate surface area is 101 Å². The quantitative estimate of drug-likeness (QED) is 0.602. The number of thiocarbonyl (C=S) groups is 1. The Hall–Kier alpha value is -1.39. The second-order valence-corrected chi connectivity index (χ2v) is 4.10. The van der Waals surface area contributed by atoms with Crippen LogP contribution >= 0.6 is 12.2 Å². The predicted molar refractivity (Wildman–Crippen MR) is 71.3 cm³/mol. The number of nitrogens with one attached hydrogen (secondary N) is 2. The van der Waals surface area contributed by atoms with Gasteiger partial charge < -0.3 is 5.32 Å². The van der Waals surface area contributed by atoms with E-state index in [2.05, 4.69) is 17.7 Å². The second kappa shape index (κ2) is 4.63. The second-order valence-electron chi connectivity index (χ2n) is 3.72. The monoisotopic (exact) mass is 233 g/mol. The van der Waals surface area contributed by atoms with E-state index < -0.39 is 0 Å². The molecule has 0 bridgehead atoms. The van der Waals surface area contributed by atoms with Gasteiger partial charge in [0.15, 0.2) is 0 Å². The number of hydrogen-bond acceptors (Lipinski definition) is 3. The summed E-state index contributed by atoms with van der Waals surface area (Å²) in [6.45, 7) is 2.10. The van der Waals surface area contributed by atoms with Gasteiger partial charge in [0.1, 0.15) is 4.99 Å². The molecule has 4 heteroatoms. The highest BCUT2D eigenvalue weighted by molar-refractivity contribution is 7.81. The average Bonchev–Trinajstić information content (AvgIpc) is 2.59. The number of rotatable bonds is 2. The Morgan fingerprint density at radius 2 is 2.06 bits per heavy atom. The zero-order valence-corrected chi connectivity index (χ0v) is 10.2. The van der Waals surface area contributed by atoms with E-state index in [9.17, 15) is 0 Å². The Bertz CT molecular complexity index is 414. The number of para-hydroxylation sites is 1. The fourth-order valence-corrected chi connectivity index (χ4v) is 2.14. The van der Waals surface area contributed by atoms with Crippen molar-refractivity contribution in [2.45, 2.75) is 13.0 Å². The first-order valence-corrected chi connectivity index (χ1v) is 5.68. The standard InChI is InChI=1S/C12H15N3S/c1-9-11(8-13-2)12(16)15(14-9)10-6-4-3-5-7-10/h3-9,13-14H,1-2H3. The van der Waals surface area contributed by atoms with Crippen molar-refractivity contribution in [2.24, 2.45) is 0 Å². The molecule has 1 aromatic carbocycles. The Balaban J connectivity index is 2.28. The summed E-state index contributed by atoms with van der Waals surface area (Å²) in [6, 6.07) is 10.3. The van der Waals surface area contributed by atoms with Gasteiger partial charge in [-0.25, -0.2) is 5.43 Å². The van der Waals surface area contributed by atoms with Crippen molar-refractivity contribution in [1.82, 2.24) is 10.7 Å². The van der Waals surface area contributed by atoms with Crippen LogP contribution in [0.1, 0.15) is 6.92 Å². The summed E-state index contributed by atoms with van der Waals surface area (Å²) in [5.74, 6) is 0. The highest BCUT2D eigenvalue weighted by Gasteiger charge is 2.29. The van der Waals surface area contributed by atoms with Gasteiger partial charge in [-0.1, -0.05) is 30.4 Å². The lowest BCUT2D eigenvalue weighted by Gasteiger charge is -2.17. The molecule has 1 heterocycles. The van der Waals surface area contributed by atoms with E-state index in [1.807, 2.05) is 48.6 Å². The van der Waals surface area contributed by atoms with Crippen molar-refractivity contribution in [3.8, 4) is 0 Å². The maximum absolute atomic E-state index is 5.44. The maximum Gasteiger partial charge on any atom is 0.127 e. The molecule has 1 aliphatic rings. The molecule has 2 rings (SSSR count). The van der Waals surface area contributed by atoms with Crippen LogP contribution < -0.4 is 15.8 Å². The first kappa shape index (κ1) is 11.1. The van der Waals surface area contributed by atoms with Gasteiger partial charge in [0.2, 0.25) is 0 Å². The largest absolute Gasteiger partial charge is 0.394 e. The SMILES string of the molecule is CNC=C1C(=S)N(c2ccccc2)NC1C. The first-order chi connectivity index (χ1) is 7.74. The first-order valence-electron chi connectivity index (χ1n) is 5.27. The van der Waals surface area contributed by atoms with Gasteiger partial charge in [0, 0.05) is 18.8 Å². The van der Waals surface area contributed by atoms with Gasteiger partial charge >= 0.3 is 0 Å². The Morgan fingerprint density at radius 3 is 2.69 bits per heavy atom. The molecule has 1 aromatic rings. The van der Waals surface area contributed by atoms with Crippen LogP contribution in [0.5, 0.6) is 0 Å². The van der Waals surface area contributed by atoms with Crippen LogP contribution in [0.4, 0.5) is 5.69 Å². The number of nitrogens with zero attached hydrogens (tertiary/aromatic N) is 1. The van der Waals surface area contributed by atoms with E-state index in [1.54, 1.807) is 0 Å². The molecule has 3 nitrogen and oxygen atoms in total. The van der Waals surface area contributed by atoms with Crippen LogP contribution in [0.25, 0.3) is 0 Å². The third kappa shape index (κ3) is 1.94. The van der Waals surface area contributed by atoms with Gasteiger partial charge in [0.25, 0.3) is 0 Å². The Kier molecular flexibility index (Phi) is 3.22. The zero-order valence-electron chi connectivity index (χ0n) is 9.40. The van der Waals surface area contributed by atoms with Crippen molar-refractivity contribution in [2.75, 3.05) is 12.1 Å².